The van der Waals surface area contributed by atoms with E-state index in [9.17, 15) is 13.2 Å². The second-order valence-electron chi connectivity index (χ2n) is 5.77. The van der Waals surface area contributed by atoms with Crippen LogP contribution in [0.5, 0.6) is 0 Å². The first-order chi connectivity index (χ1) is 12.3. The Bertz CT molecular complexity index is 1090. The summed E-state index contributed by atoms with van der Waals surface area (Å²) in [6.45, 7) is 0.194. The van der Waals surface area contributed by atoms with Crippen LogP contribution in [0.4, 0.5) is 0 Å². The van der Waals surface area contributed by atoms with E-state index in [1.165, 1.54) is 48.3 Å². The molecule has 0 unspecified atom stereocenters. The minimum atomic E-state index is -3.61. The van der Waals surface area contributed by atoms with Crippen molar-refractivity contribution in [3.63, 3.8) is 0 Å². The molecule has 0 aliphatic heterocycles. The van der Waals surface area contributed by atoms with E-state index in [1.807, 2.05) is 17.5 Å². The van der Waals surface area contributed by atoms with Gasteiger partial charge in [-0.1, -0.05) is 23.7 Å². The maximum Gasteiger partial charge on any atom is 0.250 e. The van der Waals surface area contributed by atoms with Gasteiger partial charge >= 0.3 is 0 Å². The lowest BCUT2D eigenvalue weighted by Crippen LogP contribution is -2.26. The van der Waals surface area contributed by atoms with Crippen LogP contribution in [0, 0.1) is 0 Å². The van der Waals surface area contributed by atoms with E-state index >= 15 is 0 Å². The Morgan fingerprint density at radius 3 is 2.50 bits per heavy atom. The predicted molar refractivity (Wildman–Crippen MR) is 103 cm³/mol. The van der Waals surface area contributed by atoms with Crippen molar-refractivity contribution >= 4 is 33.0 Å². The van der Waals surface area contributed by atoms with Gasteiger partial charge in [-0.25, -0.2) is 17.7 Å². The topological polar surface area (TPSA) is 72.3 Å². The molecule has 0 atom stereocenters. The van der Waals surface area contributed by atoms with Gasteiger partial charge in [-0.15, -0.1) is 11.3 Å². The van der Waals surface area contributed by atoms with Crippen LogP contribution in [0.2, 0.25) is 5.02 Å². The number of pyridine rings is 1. The Kier molecular flexibility index (Phi) is 5.29. The van der Waals surface area contributed by atoms with Crippen molar-refractivity contribution in [2.45, 2.75) is 11.4 Å². The van der Waals surface area contributed by atoms with Crippen LogP contribution in [-0.4, -0.2) is 36.4 Å². The fourth-order valence-corrected chi connectivity index (χ4v) is 4.14. The molecular formula is C17H16ClN3O3S2. The van der Waals surface area contributed by atoms with Crippen LogP contribution in [0.15, 0.2) is 57.7 Å². The number of hydrogen-bond acceptors (Lipinski definition) is 5. The molecular weight excluding hydrogens is 394 g/mol. The second-order valence-corrected chi connectivity index (χ2v) is 9.22. The third kappa shape index (κ3) is 3.88. The highest BCUT2D eigenvalue weighted by atomic mass is 35.5. The summed E-state index contributed by atoms with van der Waals surface area (Å²) in [5.74, 6) is 0. The number of hydrogen-bond donors (Lipinski definition) is 0. The van der Waals surface area contributed by atoms with Crippen molar-refractivity contribution in [1.82, 2.24) is 13.9 Å². The third-order valence-electron chi connectivity index (χ3n) is 3.71. The minimum absolute atomic E-state index is 0.0651. The van der Waals surface area contributed by atoms with Gasteiger partial charge < -0.3 is 4.57 Å². The zero-order valence-corrected chi connectivity index (χ0v) is 16.5. The lowest BCUT2D eigenvalue weighted by atomic mass is 10.2. The molecule has 3 aromatic rings. The van der Waals surface area contributed by atoms with Gasteiger partial charge in [0.25, 0.3) is 5.56 Å². The average Bonchev–Trinajstić information content (AvgIpc) is 3.05. The van der Waals surface area contributed by atoms with Crippen molar-refractivity contribution in [3.05, 3.63) is 69.0 Å². The number of thiazole rings is 1. The van der Waals surface area contributed by atoms with Crippen LogP contribution in [0.3, 0.4) is 0 Å². The number of nitrogens with zero attached hydrogens (tertiary/aromatic N) is 3. The third-order valence-corrected chi connectivity index (χ3v) is 6.70. The van der Waals surface area contributed by atoms with E-state index in [0.717, 1.165) is 14.9 Å². The van der Waals surface area contributed by atoms with Crippen LogP contribution < -0.4 is 5.56 Å². The molecule has 0 saturated heterocycles. The van der Waals surface area contributed by atoms with Crippen LogP contribution in [0.1, 0.15) is 5.69 Å². The van der Waals surface area contributed by atoms with Gasteiger partial charge in [0.2, 0.25) is 10.0 Å². The molecule has 0 saturated carbocycles. The Morgan fingerprint density at radius 2 is 1.85 bits per heavy atom. The summed E-state index contributed by atoms with van der Waals surface area (Å²) in [5.41, 5.74) is 1.33. The van der Waals surface area contributed by atoms with Crippen LogP contribution in [0.25, 0.3) is 10.6 Å². The van der Waals surface area contributed by atoms with Gasteiger partial charge in [0, 0.05) is 42.3 Å². The van der Waals surface area contributed by atoms with Gasteiger partial charge in [0.05, 0.1) is 17.1 Å². The first-order valence-corrected chi connectivity index (χ1v) is 10.3. The highest BCUT2D eigenvalue weighted by Gasteiger charge is 2.18. The Balaban J connectivity index is 1.90. The normalized spacial score (nSPS) is 11.8. The molecule has 6 nitrogen and oxygen atoms in total. The van der Waals surface area contributed by atoms with E-state index < -0.39 is 10.0 Å². The zero-order valence-electron chi connectivity index (χ0n) is 14.1. The van der Waals surface area contributed by atoms with E-state index in [0.29, 0.717) is 10.7 Å². The summed E-state index contributed by atoms with van der Waals surface area (Å²) in [7, 11) is -0.711. The molecule has 3 rings (SSSR count). The van der Waals surface area contributed by atoms with E-state index in [-0.39, 0.29) is 17.0 Å². The Hall–Kier alpha value is -2.00. The molecule has 0 spiro atoms. The zero-order chi connectivity index (χ0) is 18.9. The molecule has 0 bridgehead atoms. The van der Waals surface area contributed by atoms with Gasteiger partial charge in [0.15, 0.2) is 0 Å². The number of rotatable bonds is 5. The van der Waals surface area contributed by atoms with E-state index in [2.05, 4.69) is 4.98 Å². The number of halogens is 1. The lowest BCUT2D eigenvalue weighted by molar-refractivity contribution is 0.519. The SMILES string of the molecule is CN(C)S(=O)(=O)c1ccc(=O)n(Cc2csc(-c3ccc(Cl)cc3)n2)c1. The fraction of sp³-hybridized carbons (Fsp3) is 0.176. The van der Waals surface area contributed by atoms with Gasteiger partial charge in [0.1, 0.15) is 5.01 Å². The van der Waals surface area contributed by atoms with Crippen molar-refractivity contribution in [3.8, 4) is 10.6 Å². The standard InChI is InChI=1S/C17H16ClN3O3S2/c1-20(2)26(23,24)15-7-8-16(22)21(10-15)9-14-11-25-17(19-14)12-3-5-13(18)6-4-12/h3-8,10-11H,9H2,1-2H3. The molecule has 26 heavy (non-hydrogen) atoms. The summed E-state index contributed by atoms with van der Waals surface area (Å²) >= 11 is 7.35. The highest BCUT2D eigenvalue weighted by molar-refractivity contribution is 7.89. The van der Waals surface area contributed by atoms with Gasteiger partial charge in [-0.2, -0.15) is 0 Å². The summed E-state index contributed by atoms with van der Waals surface area (Å²) in [5, 5.41) is 3.31. The number of sulfonamides is 1. The lowest BCUT2D eigenvalue weighted by Gasteiger charge is -2.12. The largest absolute Gasteiger partial charge is 0.308 e. The molecule has 2 aromatic heterocycles. The van der Waals surface area contributed by atoms with Crippen LogP contribution in [-0.2, 0) is 16.6 Å². The Morgan fingerprint density at radius 1 is 1.15 bits per heavy atom. The minimum Gasteiger partial charge on any atom is -0.308 e. The molecule has 1 aromatic carbocycles. The number of benzene rings is 1. The maximum absolute atomic E-state index is 12.3. The number of aromatic nitrogens is 2. The smallest absolute Gasteiger partial charge is 0.250 e. The average molecular weight is 410 g/mol. The Labute approximate surface area is 160 Å². The molecule has 0 amide bonds. The van der Waals surface area contributed by atoms with Gasteiger partial charge in [-0.05, 0) is 18.2 Å². The molecule has 0 aliphatic rings. The molecule has 136 valence electrons. The van der Waals surface area contributed by atoms with E-state index in [4.69, 9.17) is 11.6 Å². The van der Waals surface area contributed by atoms with Crippen molar-refractivity contribution < 1.29 is 8.42 Å². The fourth-order valence-electron chi connectivity index (χ4n) is 2.28. The maximum atomic E-state index is 12.3. The van der Waals surface area contributed by atoms with Crippen LogP contribution >= 0.6 is 22.9 Å². The molecule has 2 heterocycles. The summed E-state index contributed by atoms with van der Waals surface area (Å²) in [6, 6.07) is 9.90. The van der Waals surface area contributed by atoms with Crippen molar-refractivity contribution in [1.29, 1.82) is 0 Å². The molecule has 0 fully saturated rings. The van der Waals surface area contributed by atoms with Crippen molar-refractivity contribution in [2.24, 2.45) is 0 Å². The predicted octanol–water partition coefficient (Wildman–Crippen LogP) is 2.92. The van der Waals surface area contributed by atoms with Crippen molar-refractivity contribution in [2.75, 3.05) is 14.1 Å². The summed E-state index contributed by atoms with van der Waals surface area (Å²) in [6.07, 6.45) is 1.35. The van der Waals surface area contributed by atoms with E-state index in [1.54, 1.807) is 12.1 Å². The summed E-state index contributed by atoms with van der Waals surface area (Å²) < 4.78 is 27.0. The molecule has 9 heteroatoms. The monoisotopic (exact) mass is 409 g/mol. The quantitative estimate of drug-likeness (QED) is 0.649. The summed E-state index contributed by atoms with van der Waals surface area (Å²) in [4.78, 5) is 16.7. The highest BCUT2D eigenvalue weighted by Crippen LogP contribution is 2.25. The molecule has 0 aliphatic carbocycles. The molecule has 0 radical (unpaired) electrons. The first kappa shape index (κ1) is 18.8. The molecule has 0 N–H and O–H groups in total. The second kappa shape index (κ2) is 7.32. The first-order valence-electron chi connectivity index (χ1n) is 7.61. The van der Waals surface area contributed by atoms with Gasteiger partial charge in [-0.3, -0.25) is 4.79 Å².